The van der Waals surface area contributed by atoms with Gasteiger partial charge in [0, 0.05) is 12.3 Å². The van der Waals surface area contributed by atoms with Crippen LogP contribution in [0.3, 0.4) is 0 Å². The summed E-state index contributed by atoms with van der Waals surface area (Å²) < 4.78 is 6.00. The van der Waals surface area contributed by atoms with E-state index < -0.39 is 0 Å². The Labute approximate surface area is 130 Å². The molecule has 21 heavy (non-hydrogen) atoms. The van der Waals surface area contributed by atoms with Gasteiger partial charge in [-0.1, -0.05) is 30.9 Å². The molecule has 5 heteroatoms. The minimum atomic E-state index is -0.282. The van der Waals surface area contributed by atoms with Crippen LogP contribution < -0.4 is 0 Å². The Morgan fingerprint density at radius 2 is 2.19 bits per heavy atom. The van der Waals surface area contributed by atoms with Crippen LogP contribution in [-0.2, 0) is 9.53 Å². The summed E-state index contributed by atoms with van der Waals surface area (Å²) in [5.74, 6) is 2.06. The highest BCUT2D eigenvalue weighted by atomic mass is 35.5. The number of allylic oxidation sites excluding steroid dienone is 2. The van der Waals surface area contributed by atoms with Gasteiger partial charge in [0.25, 0.3) is 0 Å². The Morgan fingerprint density at radius 3 is 2.90 bits per heavy atom. The number of fused-ring (bicyclic) bond motifs is 1. The van der Waals surface area contributed by atoms with E-state index in [1.807, 2.05) is 11.8 Å². The summed E-state index contributed by atoms with van der Waals surface area (Å²) in [4.78, 5) is 17.6. The number of rotatable bonds is 4. The van der Waals surface area contributed by atoms with Gasteiger partial charge < -0.3 is 14.4 Å². The van der Waals surface area contributed by atoms with Crippen LogP contribution in [0.25, 0.3) is 0 Å². The summed E-state index contributed by atoms with van der Waals surface area (Å²) in [6.45, 7) is 2.65. The van der Waals surface area contributed by atoms with E-state index >= 15 is 0 Å². The zero-order valence-electron chi connectivity index (χ0n) is 12.3. The number of hydrogen-bond acceptors (Lipinski definition) is 4. The van der Waals surface area contributed by atoms with Crippen molar-refractivity contribution in [3.05, 3.63) is 23.1 Å². The van der Waals surface area contributed by atoms with Crippen LogP contribution in [0, 0.1) is 5.92 Å². The number of carbonyl (C=O) groups excluding carboxylic acids is 1. The van der Waals surface area contributed by atoms with Gasteiger partial charge in [0.1, 0.15) is 12.3 Å². The SMILES string of the molecule is CC1N=C2C(OCC3CCCCC3)=CC(Cl)=CN2C1C=O. The van der Waals surface area contributed by atoms with Gasteiger partial charge in [-0.15, -0.1) is 0 Å². The molecule has 0 spiro atoms. The fraction of sp³-hybridized carbons (Fsp3) is 0.625. The zero-order chi connectivity index (χ0) is 14.8. The Balaban J connectivity index is 1.70. The Hall–Kier alpha value is -1.29. The predicted octanol–water partition coefficient (Wildman–Crippen LogP) is 3.23. The van der Waals surface area contributed by atoms with Crippen LogP contribution in [0.5, 0.6) is 0 Å². The Morgan fingerprint density at radius 1 is 1.43 bits per heavy atom. The number of nitrogens with zero attached hydrogens (tertiary/aromatic N) is 2. The van der Waals surface area contributed by atoms with Gasteiger partial charge in [0.2, 0.25) is 0 Å². The van der Waals surface area contributed by atoms with E-state index in [0.717, 1.165) is 12.1 Å². The molecule has 114 valence electrons. The highest BCUT2D eigenvalue weighted by Gasteiger charge is 2.36. The van der Waals surface area contributed by atoms with Crippen molar-refractivity contribution in [2.75, 3.05) is 6.61 Å². The molecule has 0 aromatic carbocycles. The molecule has 2 aliphatic heterocycles. The highest BCUT2D eigenvalue weighted by molar-refractivity contribution is 6.32. The number of hydrogen-bond donors (Lipinski definition) is 0. The molecule has 0 aromatic rings. The number of halogens is 1. The second kappa shape index (κ2) is 6.22. The molecular weight excluding hydrogens is 288 g/mol. The molecule has 0 amide bonds. The van der Waals surface area contributed by atoms with E-state index in [1.54, 1.807) is 12.3 Å². The van der Waals surface area contributed by atoms with Crippen LogP contribution in [0.2, 0.25) is 0 Å². The lowest BCUT2D eigenvalue weighted by Gasteiger charge is -2.28. The molecular formula is C16H21ClN2O2. The normalized spacial score (nSPS) is 29.4. The standard InChI is InChI=1S/C16H21ClN2O2/c1-11-14(9-20)19-8-13(17)7-15(16(19)18-11)21-10-12-5-3-2-4-6-12/h7-9,11-12,14H,2-6,10H2,1H3. The van der Waals surface area contributed by atoms with Crippen molar-refractivity contribution in [2.45, 2.75) is 51.1 Å². The van der Waals surface area contributed by atoms with E-state index in [-0.39, 0.29) is 12.1 Å². The van der Waals surface area contributed by atoms with Gasteiger partial charge in [-0.05, 0) is 25.7 Å². The largest absolute Gasteiger partial charge is 0.489 e. The van der Waals surface area contributed by atoms with Gasteiger partial charge in [-0.3, -0.25) is 4.99 Å². The third kappa shape index (κ3) is 3.00. The number of carbonyl (C=O) groups is 1. The van der Waals surface area contributed by atoms with Gasteiger partial charge in [-0.25, -0.2) is 0 Å². The summed E-state index contributed by atoms with van der Waals surface area (Å²) in [6, 6.07) is -0.353. The first-order chi connectivity index (χ1) is 10.2. The van der Waals surface area contributed by atoms with Crippen LogP contribution in [0.1, 0.15) is 39.0 Å². The third-order valence-corrected chi connectivity index (χ3v) is 4.68. The molecule has 0 saturated heterocycles. The van der Waals surface area contributed by atoms with Gasteiger partial charge in [0.15, 0.2) is 11.6 Å². The topological polar surface area (TPSA) is 41.9 Å². The Bertz CT molecular complexity index is 506. The molecule has 1 saturated carbocycles. The summed E-state index contributed by atoms with van der Waals surface area (Å²) in [5.41, 5.74) is 0. The van der Waals surface area contributed by atoms with E-state index in [0.29, 0.717) is 23.3 Å². The highest BCUT2D eigenvalue weighted by Crippen LogP contribution is 2.30. The predicted molar refractivity (Wildman–Crippen MR) is 83.1 cm³/mol. The summed E-state index contributed by atoms with van der Waals surface area (Å²) in [7, 11) is 0. The van der Waals surface area contributed by atoms with Crippen LogP contribution in [0.15, 0.2) is 28.1 Å². The third-order valence-electron chi connectivity index (χ3n) is 4.48. The molecule has 2 unspecified atom stereocenters. The molecule has 1 fully saturated rings. The van der Waals surface area contributed by atoms with E-state index in [9.17, 15) is 4.79 Å². The van der Waals surface area contributed by atoms with Crippen LogP contribution in [0.4, 0.5) is 0 Å². The second-order valence-corrected chi connectivity index (χ2v) is 6.50. The minimum absolute atomic E-state index is 0.0713. The molecule has 1 aliphatic carbocycles. The maximum Gasteiger partial charge on any atom is 0.172 e. The fourth-order valence-corrected chi connectivity index (χ4v) is 3.46. The van der Waals surface area contributed by atoms with Crippen molar-refractivity contribution in [1.82, 2.24) is 4.90 Å². The monoisotopic (exact) mass is 308 g/mol. The van der Waals surface area contributed by atoms with Crippen LogP contribution in [-0.4, -0.2) is 35.7 Å². The first kappa shape index (κ1) is 14.6. The second-order valence-electron chi connectivity index (χ2n) is 6.06. The summed E-state index contributed by atoms with van der Waals surface area (Å²) >= 11 is 6.16. The molecule has 0 bridgehead atoms. The first-order valence-corrected chi connectivity index (χ1v) is 8.10. The minimum Gasteiger partial charge on any atom is -0.489 e. The molecule has 2 atom stereocenters. The summed E-state index contributed by atoms with van der Waals surface area (Å²) in [6.07, 6.45) is 10.9. The lowest BCUT2D eigenvalue weighted by molar-refractivity contribution is -0.110. The average molecular weight is 309 g/mol. The van der Waals surface area contributed by atoms with E-state index in [2.05, 4.69) is 4.99 Å². The number of ether oxygens (including phenoxy) is 1. The summed E-state index contributed by atoms with van der Waals surface area (Å²) in [5, 5.41) is 0.577. The maximum absolute atomic E-state index is 11.2. The quantitative estimate of drug-likeness (QED) is 0.749. The molecule has 3 aliphatic rings. The van der Waals surface area contributed by atoms with Gasteiger partial charge >= 0.3 is 0 Å². The zero-order valence-corrected chi connectivity index (χ0v) is 13.1. The van der Waals surface area contributed by atoms with E-state index in [1.165, 1.54) is 32.1 Å². The molecule has 2 heterocycles. The molecule has 0 radical (unpaired) electrons. The van der Waals surface area contributed by atoms with Crippen molar-refractivity contribution in [3.63, 3.8) is 0 Å². The smallest absolute Gasteiger partial charge is 0.172 e. The average Bonchev–Trinajstić information content (AvgIpc) is 2.81. The van der Waals surface area contributed by atoms with Gasteiger partial charge in [-0.2, -0.15) is 0 Å². The van der Waals surface area contributed by atoms with E-state index in [4.69, 9.17) is 16.3 Å². The number of aliphatic imine (C=N–C) groups is 1. The van der Waals surface area contributed by atoms with Crippen molar-refractivity contribution in [2.24, 2.45) is 10.9 Å². The maximum atomic E-state index is 11.2. The molecule has 0 aromatic heterocycles. The van der Waals surface area contributed by atoms with Crippen LogP contribution >= 0.6 is 11.6 Å². The van der Waals surface area contributed by atoms with Gasteiger partial charge in [0.05, 0.1) is 17.7 Å². The number of aldehydes is 1. The van der Waals surface area contributed by atoms with Crippen molar-refractivity contribution in [3.8, 4) is 0 Å². The lowest BCUT2D eigenvalue weighted by Crippen LogP contribution is -2.38. The fourth-order valence-electron chi connectivity index (χ4n) is 3.25. The van der Waals surface area contributed by atoms with Crippen molar-refractivity contribution in [1.29, 1.82) is 0 Å². The molecule has 0 N–H and O–H groups in total. The number of amidine groups is 1. The first-order valence-electron chi connectivity index (χ1n) is 7.72. The molecule has 4 nitrogen and oxygen atoms in total. The Kier molecular flexibility index (Phi) is 4.34. The van der Waals surface area contributed by atoms with Crippen molar-refractivity contribution < 1.29 is 9.53 Å². The van der Waals surface area contributed by atoms with Crippen molar-refractivity contribution >= 4 is 23.7 Å². The molecule has 3 rings (SSSR count). The lowest BCUT2D eigenvalue weighted by atomic mass is 9.90.